The molecule has 1 amide bonds. The van der Waals surface area contributed by atoms with E-state index in [0.29, 0.717) is 12.4 Å². The summed E-state index contributed by atoms with van der Waals surface area (Å²) in [5, 5.41) is 19.1. The molecule has 0 aromatic heterocycles. The van der Waals surface area contributed by atoms with E-state index >= 15 is 0 Å². The Bertz CT molecular complexity index is 446. The van der Waals surface area contributed by atoms with Crippen LogP contribution in [0.15, 0.2) is 18.2 Å². The number of nitrogens with zero attached hydrogens (tertiary/aromatic N) is 1. The van der Waals surface area contributed by atoms with Crippen molar-refractivity contribution in [3.63, 3.8) is 0 Å². The topological polar surface area (TPSA) is 60.8 Å². The average Bonchev–Trinajstić information content (AvgIpc) is 2.28. The van der Waals surface area contributed by atoms with Gasteiger partial charge in [-0.15, -0.1) is 11.6 Å². The smallest absolute Gasteiger partial charge is 0.258 e. The van der Waals surface area contributed by atoms with Crippen LogP contribution in [0.4, 0.5) is 0 Å². The third kappa shape index (κ3) is 2.53. The first-order valence-corrected chi connectivity index (χ1v) is 6.56. The van der Waals surface area contributed by atoms with Crippen molar-refractivity contribution in [2.45, 2.75) is 25.3 Å². The van der Waals surface area contributed by atoms with Gasteiger partial charge in [-0.05, 0) is 37.5 Å². The van der Waals surface area contributed by atoms with Crippen LogP contribution >= 0.6 is 11.6 Å². The third-order valence-electron chi connectivity index (χ3n) is 3.31. The SMILES string of the molecule is O=C(c1cc(O)ccc1O)N(CCCl)C1CCC1. The van der Waals surface area contributed by atoms with E-state index in [1.165, 1.54) is 18.2 Å². The first-order valence-electron chi connectivity index (χ1n) is 6.02. The van der Waals surface area contributed by atoms with Gasteiger partial charge in [0.25, 0.3) is 5.91 Å². The molecule has 0 unspecified atom stereocenters. The van der Waals surface area contributed by atoms with Crippen molar-refractivity contribution >= 4 is 17.5 Å². The Morgan fingerprint density at radius 3 is 2.67 bits per heavy atom. The molecule has 1 fully saturated rings. The van der Waals surface area contributed by atoms with E-state index in [9.17, 15) is 15.0 Å². The zero-order valence-electron chi connectivity index (χ0n) is 9.97. The summed E-state index contributed by atoms with van der Waals surface area (Å²) in [5.74, 6) is -0.0528. The van der Waals surface area contributed by atoms with Gasteiger partial charge < -0.3 is 15.1 Å². The zero-order chi connectivity index (χ0) is 13.1. The van der Waals surface area contributed by atoms with Gasteiger partial charge in [0.05, 0.1) is 5.56 Å². The molecular formula is C13H16ClNO3. The Balaban J connectivity index is 2.23. The number of carbonyl (C=O) groups is 1. The minimum Gasteiger partial charge on any atom is -0.508 e. The van der Waals surface area contributed by atoms with E-state index in [4.69, 9.17) is 11.6 Å². The van der Waals surface area contributed by atoms with Crippen molar-refractivity contribution in [1.29, 1.82) is 0 Å². The normalized spacial score (nSPS) is 15.2. The second-order valence-electron chi connectivity index (χ2n) is 4.47. The lowest BCUT2D eigenvalue weighted by Gasteiger charge is -2.37. The van der Waals surface area contributed by atoms with Crippen LogP contribution < -0.4 is 0 Å². The number of phenols is 2. The van der Waals surface area contributed by atoms with Gasteiger partial charge in [-0.1, -0.05) is 0 Å². The molecule has 0 atom stereocenters. The number of carbonyl (C=O) groups excluding carboxylic acids is 1. The molecule has 5 heteroatoms. The molecule has 0 saturated heterocycles. The molecule has 2 rings (SSSR count). The predicted octanol–water partition coefficient (Wildman–Crippen LogP) is 2.33. The van der Waals surface area contributed by atoms with Crippen LogP contribution in [0.1, 0.15) is 29.6 Å². The largest absolute Gasteiger partial charge is 0.508 e. The summed E-state index contributed by atoms with van der Waals surface area (Å²) in [7, 11) is 0. The number of hydrogen-bond acceptors (Lipinski definition) is 3. The van der Waals surface area contributed by atoms with Crippen LogP contribution in [0.2, 0.25) is 0 Å². The number of benzene rings is 1. The highest BCUT2D eigenvalue weighted by Gasteiger charge is 2.30. The van der Waals surface area contributed by atoms with Crippen LogP contribution in [-0.4, -0.2) is 39.5 Å². The van der Waals surface area contributed by atoms with Gasteiger partial charge in [-0.3, -0.25) is 4.79 Å². The fourth-order valence-corrected chi connectivity index (χ4v) is 2.27. The molecule has 18 heavy (non-hydrogen) atoms. The first-order chi connectivity index (χ1) is 8.63. The molecule has 98 valence electrons. The molecule has 0 spiro atoms. The maximum atomic E-state index is 12.3. The lowest BCUT2D eigenvalue weighted by molar-refractivity contribution is 0.0594. The molecule has 2 N–H and O–H groups in total. The van der Waals surface area contributed by atoms with E-state index in [1.807, 2.05) is 0 Å². The van der Waals surface area contributed by atoms with Gasteiger partial charge in [0.15, 0.2) is 0 Å². The number of halogens is 1. The fourth-order valence-electron chi connectivity index (χ4n) is 2.09. The van der Waals surface area contributed by atoms with Crippen molar-refractivity contribution < 1.29 is 15.0 Å². The molecule has 0 bridgehead atoms. The van der Waals surface area contributed by atoms with Gasteiger partial charge in [-0.2, -0.15) is 0 Å². The second-order valence-corrected chi connectivity index (χ2v) is 4.85. The minimum atomic E-state index is -0.270. The van der Waals surface area contributed by atoms with E-state index in [2.05, 4.69) is 0 Å². The van der Waals surface area contributed by atoms with Crippen molar-refractivity contribution in [2.24, 2.45) is 0 Å². The molecule has 0 aliphatic heterocycles. The van der Waals surface area contributed by atoms with Crippen LogP contribution in [0.3, 0.4) is 0 Å². The highest BCUT2D eigenvalue weighted by molar-refractivity contribution is 6.18. The zero-order valence-corrected chi connectivity index (χ0v) is 10.7. The lowest BCUT2D eigenvalue weighted by atomic mass is 9.91. The van der Waals surface area contributed by atoms with Crippen LogP contribution in [-0.2, 0) is 0 Å². The monoisotopic (exact) mass is 269 g/mol. The van der Waals surface area contributed by atoms with Crippen molar-refractivity contribution in [1.82, 2.24) is 4.90 Å². The molecule has 1 aromatic carbocycles. The number of aromatic hydroxyl groups is 2. The summed E-state index contributed by atoms with van der Waals surface area (Å²) < 4.78 is 0. The van der Waals surface area contributed by atoms with Crippen LogP contribution in [0, 0.1) is 0 Å². The quantitative estimate of drug-likeness (QED) is 0.651. The molecule has 0 heterocycles. The van der Waals surface area contributed by atoms with Crippen LogP contribution in [0.25, 0.3) is 0 Å². The molecule has 1 saturated carbocycles. The molecule has 1 aliphatic carbocycles. The van der Waals surface area contributed by atoms with E-state index in [1.54, 1.807) is 4.90 Å². The Labute approximate surface area is 111 Å². The third-order valence-corrected chi connectivity index (χ3v) is 3.48. The summed E-state index contributed by atoms with van der Waals surface area (Å²) in [6.07, 6.45) is 3.06. The maximum absolute atomic E-state index is 12.3. The van der Waals surface area contributed by atoms with Gasteiger partial charge in [0.1, 0.15) is 11.5 Å². The van der Waals surface area contributed by atoms with Crippen LogP contribution in [0.5, 0.6) is 11.5 Å². The number of hydrogen-bond donors (Lipinski definition) is 2. The number of phenolic OH excluding ortho intramolecular Hbond substituents is 2. The summed E-state index contributed by atoms with van der Waals surface area (Å²) >= 11 is 5.72. The predicted molar refractivity (Wildman–Crippen MR) is 69.2 cm³/mol. The van der Waals surface area contributed by atoms with E-state index in [0.717, 1.165) is 19.3 Å². The minimum absolute atomic E-state index is 0.0319. The van der Waals surface area contributed by atoms with Gasteiger partial charge >= 0.3 is 0 Å². The molecule has 4 nitrogen and oxygen atoms in total. The summed E-state index contributed by atoms with van der Waals surface area (Å²) in [6, 6.07) is 4.17. The first kappa shape index (κ1) is 13.0. The number of alkyl halides is 1. The van der Waals surface area contributed by atoms with Gasteiger partial charge in [-0.25, -0.2) is 0 Å². The fraction of sp³-hybridized carbons (Fsp3) is 0.462. The molecule has 1 aromatic rings. The average molecular weight is 270 g/mol. The Kier molecular flexibility index (Phi) is 3.97. The highest BCUT2D eigenvalue weighted by Crippen LogP contribution is 2.29. The maximum Gasteiger partial charge on any atom is 0.258 e. The standard InChI is InChI=1S/C13H16ClNO3/c14-6-7-15(9-2-1-3-9)13(18)11-8-10(16)4-5-12(11)17/h4-5,8-9,16-17H,1-3,6-7H2. The molecular weight excluding hydrogens is 254 g/mol. The lowest BCUT2D eigenvalue weighted by Crippen LogP contribution is -2.45. The van der Waals surface area contributed by atoms with Crippen molar-refractivity contribution in [2.75, 3.05) is 12.4 Å². The van der Waals surface area contributed by atoms with Gasteiger partial charge in [0, 0.05) is 18.5 Å². The molecule has 1 aliphatic rings. The Morgan fingerprint density at radius 1 is 1.39 bits per heavy atom. The Morgan fingerprint density at radius 2 is 2.11 bits per heavy atom. The summed E-state index contributed by atoms with van der Waals surface area (Å²) in [5.41, 5.74) is 0.131. The van der Waals surface area contributed by atoms with E-state index in [-0.39, 0.29) is 29.0 Å². The second kappa shape index (κ2) is 5.48. The number of amides is 1. The Hall–Kier alpha value is -1.42. The number of rotatable bonds is 4. The summed E-state index contributed by atoms with van der Waals surface area (Å²) in [6.45, 7) is 0.458. The van der Waals surface area contributed by atoms with Crippen molar-refractivity contribution in [3.05, 3.63) is 23.8 Å². The molecule has 0 radical (unpaired) electrons. The van der Waals surface area contributed by atoms with E-state index < -0.39 is 0 Å². The van der Waals surface area contributed by atoms with Crippen molar-refractivity contribution in [3.8, 4) is 11.5 Å². The van der Waals surface area contributed by atoms with Gasteiger partial charge in [0.2, 0.25) is 0 Å². The highest BCUT2D eigenvalue weighted by atomic mass is 35.5. The summed E-state index contributed by atoms with van der Waals surface area (Å²) in [4.78, 5) is 14.0.